The maximum atomic E-state index is 12.6. The van der Waals surface area contributed by atoms with Gasteiger partial charge in [0.25, 0.3) is 0 Å². The molecule has 0 bridgehead atoms. The number of hydrogen-bond acceptors (Lipinski definition) is 3. The predicted molar refractivity (Wildman–Crippen MR) is 104 cm³/mol. The highest BCUT2D eigenvalue weighted by molar-refractivity contribution is 5.86. The van der Waals surface area contributed by atoms with E-state index >= 15 is 0 Å². The molecule has 2 atom stereocenters. The van der Waals surface area contributed by atoms with E-state index in [4.69, 9.17) is 0 Å². The van der Waals surface area contributed by atoms with Gasteiger partial charge in [-0.2, -0.15) is 0 Å². The Kier molecular flexibility index (Phi) is 5.71. The second-order valence-electron chi connectivity index (χ2n) is 7.23. The number of likely N-dealkylation sites (N-methyl/N-ethyl adjacent to an activating group) is 1. The van der Waals surface area contributed by atoms with Gasteiger partial charge < -0.3 is 10.6 Å². The zero-order chi connectivity index (χ0) is 17.8. The van der Waals surface area contributed by atoms with Crippen LogP contribution in [-0.4, -0.2) is 42.0 Å². The second kappa shape index (κ2) is 7.98. The van der Waals surface area contributed by atoms with Crippen molar-refractivity contribution in [2.75, 3.05) is 13.1 Å². The molecule has 4 heteroatoms. The molecule has 0 aliphatic carbocycles. The zero-order valence-corrected chi connectivity index (χ0v) is 15.5. The van der Waals surface area contributed by atoms with E-state index in [1.807, 2.05) is 6.92 Å². The fourth-order valence-electron chi connectivity index (χ4n) is 3.88. The van der Waals surface area contributed by atoms with Gasteiger partial charge >= 0.3 is 0 Å². The SMILES string of the molecule is CCNC(=O)[C@@H]1C[C@@H](NC(C)C)CN1Cc1cccc2ccccc12. The summed E-state index contributed by atoms with van der Waals surface area (Å²) >= 11 is 0. The van der Waals surface area contributed by atoms with Crippen LogP contribution in [-0.2, 0) is 11.3 Å². The van der Waals surface area contributed by atoms with Crippen molar-refractivity contribution in [3.63, 3.8) is 0 Å². The quantitative estimate of drug-likeness (QED) is 0.850. The monoisotopic (exact) mass is 339 g/mol. The highest BCUT2D eigenvalue weighted by atomic mass is 16.2. The predicted octanol–water partition coefficient (Wildman–Crippen LogP) is 2.92. The van der Waals surface area contributed by atoms with E-state index in [2.05, 4.69) is 71.8 Å². The molecule has 134 valence electrons. The van der Waals surface area contributed by atoms with Crippen molar-refractivity contribution in [1.29, 1.82) is 0 Å². The molecule has 3 rings (SSSR count). The molecule has 1 heterocycles. The first-order valence-electron chi connectivity index (χ1n) is 9.33. The van der Waals surface area contributed by atoms with Gasteiger partial charge in [0.05, 0.1) is 6.04 Å². The minimum atomic E-state index is -0.0600. The lowest BCUT2D eigenvalue weighted by atomic mass is 10.0. The number of nitrogens with one attached hydrogen (secondary N) is 2. The Bertz CT molecular complexity index is 723. The first-order chi connectivity index (χ1) is 12.1. The second-order valence-corrected chi connectivity index (χ2v) is 7.23. The first kappa shape index (κ1) is 17.9. The van der Waals surface area contributed by atoms with Crippen LogP contribution in [0.3, 0.4) is 0 Å². The van der Waals surface area contributed by atoms with Gasteiger partial charge in [-0.1, -0.05) is 56.3 Å². The summed E-state index contributed by atoms with van der Waals surface area (Å²) in [6, 6.07) is 15.6. The van der Waals surface area contributed by atoms with Crippen molar-refractivity contribution in [2.24, 2.45) is 0 Å². The van der Waals surface area contributed by atoms with Gasteiger partial charge in [0, 0.05) is 31.7 Å². The summed E-state index contributed by atoms with van der Waals surface area (Å²) in [5.41, 5.74) is 1.29. The van der Waals surface area contributed by atoms with Gasteiger partial charge in [-0.3, -0.25) is 9.69 Å². The number of likely N-dealkylation sites (tertiary alicyclic amines) is 1. The van der Waals surface area contributed by atoms with E-state index in [-0.39, 0.29) is 11.9 Å². The third-order valence-electron chi connectivity index (χ3n) is 4.88. The number of amides is 1. The normalized spacial score (nSPS) is 21.1. The summed E-state index contributed by atoms with van der Waals surface area (Å²) < 4.78 is 0. The lowest BCUT2D eigenvalue weighted by Crippen LogP contribution is -2.42. The summed E-state index contributed by atoms with van der Waals surface area (Å²) in [4.78, 5) is 14.9. The first-order valence-corrected chi connectivity index (χ1v) is 9.33. The van der Waals surface area contributed by atoms with E-state index in [0.717, 1.165) is 19.5 Å². The van der Waals surface area contributed by atoms with Gasteiger partial charge in [-0.05, 0) is 29.7 Å². The fraction of sp³-hybridized carbons (Fsp3) is 0.476. The van der Waals surface area contributed by atoms with Crippen LogP contribution in [0.2, 0.25) is 0 Å². The number of fused-ring (bicyclic) bond motifs is 1. The largest absolute Gasteiger partial charge is 0.355 e. The summed E-state index contributed by atoms with van der Waals surface area (Å²) in [5.74, 6) is 0.149. The summed E-state index contributed by atoms with van der Waals surface area (Å²) in [6.07, 6.45) is 0.870. The van der Waals surface area contributed by atoms with E-state index in [9.17, 15) is 4.79 Å². The molecule has 2 aromatic carbocycles. The van der Waals surface area contributed by atoms with Crippen LogP contribution < -0.4 is 10.6 Å². The number of carbonyl (C=O) groups excluding carboxylic acids is 1. The standard InChI is InChI=1S/C21H29N3O/c1-4-22-21(25)20-12-18(23-15(2)3)14-24(20)13-17-10-7-9-16-8-5-6-11-19(16)17/h5-11,15,18,20,23H,4,12-14H2,1-3H3,(H,22,25)/t18-,20+/m1/s1. The van der Waals surface area contributed by atoms with E-state index in [1.165, 1.54) is 16.3 Å². The van der Waals surface area contributed by atoms with E-state index < -0.39 is 0 Å². The number of benzene rings is 2. The molecular formula is C21H29N3O. The molecule has 2 aromatic rings. The Labute approximate surface area is 150 Å². The summed E-state index contributed by atoms with van der Waals surface area (Å²) in [7, 11) is 0. The molecule has 25 heavy (non-hydrogen) atoms. The molecule has 0 unspecified atom stereocenters. The van der Waals surface area contributed by atoms with Crippen molar-refractivity contribution in [3.8, 4) is 0 Å². The maximum Gasteiger partial charge on any atom is 0.237 e. The van der Waals surface area contributed by atoms with Crippen molar-refractivity contribution in [1.82, 2.24) is 15.5 Å². The molecule has 1 amide bonds. The molecule has 4 nitrogen and oxygen atoms in total. The van der Waals surface area contributed by atoms with Gasteiger partial charge in [0.1, 0.15) is 0 Å². The fourth-order valence-corrected chi connectivity index (χ4v) is 3.88. The van der Waals surface area contributed by atoms with Gasteiger partial charge in [0.2, 0.25) is 5.91 Å². The lowest BCUT2D eigenvalue weighted by molar-refractivity contribution is -0.125. The molecule has 0 saturated carbocycles. The molecule has 1 fully saturated rings. The number of rotatable bonds is 6. The molecule has 0 radical (unpaired) electrons. The van der Waals surface area contributed by atoms with Crippen LogP contribution in [0, 0.1) is 0 Å². The molecule has 2 N–H and O–H groups in total. The average molecular weight is 339 g/mol. The molecule has 0 aromatic heterocycles. The third-order valence-corrected chi connectivity index (χ3v) is 4.88. The Balaban J connectivity index is 1.83. The van der Waals surface area contributed by atoms with Crippen LogP contribution in [0.4, 0.5) is 0 Å². The van der Waals surface area contributed by atoms with Crippen molar-refractivity contribution < 1.29 is 4.79 Å². The minimum Gasteiger partial charge on any atom is -0.355 e. The van der Waals surface area contributed by atoms with Gasteiger partial charge in [0.15, 0.2) is 0 Å². The topological polar surface area (TPSA) is 44.4 Å². The zero-order valence-electron chi connectivity index (χ0n) is 15.5. The van der Waals surface area contributed by atoms with Crippen molar-refractivity contribution in [3.05, 3.63) is 48.0 Å². The van der Waals surface area contributed by atoms with Crippen LogP contribution >= 0.6 is 0 Å². The summed E-state index contributed by atoms with van der Waals surface area (Å²) in [6.45, 7) is 8.69. The van der Waals surface area contributed by atoms with Crippen molar-refractivity contribution >= 4 is 16.7 Å². The Morgan fingerprint density at radius 3 is 2.72 bits per heavy atom. The molecule has 1 aliphatic rings. The van der Waals surface area contributed by atoms with Crippen molar-refractivity contribution in [2.45, 2.75) is 51.9 Å². The van der Waals surface area contributed by atoms with Gasteiger partial charge in [-0.25, -0.2) is 0 Å². The number of hydrogen-bond donors (Lipinski definition) is 2. The van der Waals surface area contributed by atoms with E-state index in [1.54, 1.807) is 0 Å². The van der Waals surface area contributed by atoms with Crippen LogP contribution in [0.25, 0.3) is 10.8 Å². The van der Waals surface area contributed by atoms with E-state index in [0.29, 0.717) is 18.6 Å². The van der Waals surface area contributed by atoms with Gasteiger partial charge in [-0.15, -0.1) is 0 Å². The average Bonchev–Trinajstić information content (AvgIpc) is 2.97. The number of carbonyl (C=O) groups is 1. The molecule has 1 aliphatic heterocycles. The maximum absolute atomic E-state index is 12.6. The minimum absolute atomic E-state index is 0.0600. The Morgan fingerprint density at radius 2 is 1.96 bits per heavy atom. The third kappa shape index (κ3) is 4.20. The van der Waals surface area contributed by atoms with Crippen LogP contribution in [0.1, 0.15) is 32.8 Å². The molecular weight excluding hydrogens is 310 g/mol. The smallest absolute Gasteiger partial charge is 0.237 e. The Hall–Kier alpha value is -1.91. The molecule has 0 spiro atoms. The molecule has 1 saturated heterocycles. The highest BCUT2D eigenvalue weighted by Crippen LogP contribution is 2.25. The highest BCUT2D eigenvalue weighted by Gasteiger charge is 2.36. The van der Waals surface area contributed by atoms with Crippen LogP contribution in [0.5, 0.6) is 0 Å². The lowest BCUT2D eigenvalue weighted by Gasteiger charge is -2.24. The summed E-state index contributed by atoms with van der Waals surface area (Å²) in [5, 5.41) is 9.14. The number of nitrogens with zero attached hydrogens (tertiary/aromatic N) is 1. The Morgan fingerprint density at radius 1 is 1.20 bits per heavy atom. The van der Waals surface area contributed by atoms with Crippen LogP contribution in [0.15, 0.2) is 42.5 Å².